The number of hydrogen-bond donors (Lipinski definition) is 1. The van der Waals surface area contributed by atoms with Crippen LogP contribution in [0.5, 0.6) is 0 Å². The van der Waals surface area contributed by atoms with Crippen LogP contribution in [-0.2, 0) is 30.9 Å². The molecule has 30 heavy (non-hydrogen) atoms. The fourth-order valence-corrected chi connectivity index (χ4v) is 4.28. The van der Waals surface area contributed by atoms with Gasteiger partial charge < -0.3 is 15.2 Å². The number of esters is 1. The zero-order valence-electron chi connectivity index (χ0n) is 16.2. The molecule has 0 radical (unpaired) electrons. The molecule has 0 aromatic heterocycles. The minimum absolute atomic E-state index is 0.00102. The van der Waals surface area contributed by atoms with Gasteiger partial charge in [-0.3, -0.25) is 4.79 Å². The molecule has 0 unspecified atom stereocenters. The van der Waals surface area contributed by atoms with E-state index in [2.05, 4.69) is 0 Å². The van der Waals surface area contributed by atoms with Crippen LogP contribution in [0.25, 0.3) is 6.08 Å². The highest BCUT2D eigenvalue weighted by molar-refractivity contribution is 7.89. The summed E-state index contributed by atoms with van der Waals surface area (Å²) in [6, 6.07) is 12.8. The summed E-state index contributed by atoms with van der Waals surface area (Å²) in [5.74, 6) is -1.12. The van der Waals surface area contributed by atoms with E-state index in [1.54, 1.807) is 36.4 Å². The Balaban J connectivity index is 1.57. The maximum absolute atomic E-state index is 12.6. The molecule has 158 valence electrons. The van der Waals surface area contributed by atoms with E-state index in [1.807, 2.05) is 0 Å². The Bertz CT molecular complexity index is 1040. The van der Waals surface area contributed by atoms with Crippen LogP contribution < -0.4 is 5.73 Å². The second kappa shape index (κ2) is 9.66. The molecule has 0 spiro atoms. The van der Waals surface area contributed by atoms with Gasteiger partial charge in [0.05, 0.1) is 18.1 Å². The van der Waals surface area contributed by atoms with Gasteiger partial charge in [0.2, 0.25) is 15.9 Å². The van der Waals surface area contributed by atoms with Gasteiger partial charge in [-0.2, -0.15) is 4.31 Å². The number of hydrogen-bond acceptors (Lipinski definition) is 6. The number of nitrogens with two attached hydrogens (primary N) is 1. The summed E-state index contributed by atoms with van der Waals surface area (Å²) in [7, 11) is -3.55. The molecule has 1 saturated heterocycles. The predicted octanol–water partition coefficient (Wildman–Crippen LogP) is 1.56. The Morgan fingerprint density at radius 2 is 1.80 bits per heavy atom. The monoisotopic (exact) mass is 430 g/mol. The standard InChI is InChI=1S/C21H22N2O6S/c22-21(25)18-3-1-2-17(14-18)15-29-20(24)9-6-16-4-7-19(8-5-16)30(26,27)23-10-12-28-13-11-23/h1-9,14H,10-13,15H2,(H2,22,25)/b9-6+. The molecule has 2 N–H and O–H groups in total. The van der Waals surface area contributed by atoms with Gasteiger partial charge in [-0.05, 0) is 41.5 Å². The highest BCUT2D eigenvalue weighted by Gasteiger charge is 2.25. The van der Waals surface area contributed by atoms with E-state index in [-0.39, 0.29) is 11.5 Å². The topological polar surface area (TPSA) is 116 Å². The molecule has 0 bridgehead atoms. The van der Waals surface area contributed by atoms with Crippen molar-refractivity contribution in [2.45, 2.75) is 11.5 Å². The Hall–Kier alpha value is -3.01. The van der Waals surface area contributed by atoms with Crippen LogP contribution in [0.1, 0.15) is 21.5 Å². The number of carbonyl (C=O) groups excluding carboxylic acids is 2. The van der Waals surface area contributed by atoms with Crippen molar-refractivity contribution in [2.24, 2.45) is 5.73 Å². The average Bonchev–Trinajstić information content (AvgIpc) is 2.77. The number of amides is 1. The summed E-state index contributed by atoms with van der Waals surface area (Å²) >= 11 is 0. The first kappa shape index (κ1) is 21.7. The lowest BCUT2D eigenvalue weighted by atomic mass is 10.1. The van der Waals surface area contributed by atoms with Crippen LogP contribution in [0.2, 0.25) is 0 Å². The van der Waals surface area contributed by atoms with Crippen molar-refractivity contribution in [2.75, 3.05) is 26.3 Å². The average molecular weight is 430 g/mol. The third-order valence-electron chi connectivity index (χ3n) is 4.49. The zero-order chi connectivity index (χ0) is 21.6. The van der Waals surface area contributed by atoms with Gasteiger partial charge in [0.15, 0.2) is 0 Å². The maximum Gasteiger partial charge on any atom is 0.331 e. The molecule has 2 aromatic carbocycles. The summed E-state index contributed by atoms with van der Waals surface area (Å²) in [6.45, 7) is 1.43. The Kier molecular flexibility index (Phi) is 6.99. The molecule has 9 heteroatoms. The molecular formula is C21H22N2O6S. The van der Waals surface area contributed by atoms with E-state index in [0.29, 0.717) is 43.0 Å². The number of primary amides is 1. The van der Waals surface area contributed by atoms with E-state index in [9.17, 15) is 18.0 Å². The molecule has 1 amide bonds. The molecule has 8 nitrogen and oxygen atoms in total. The molecule has 0 atom stereocenters. The van der Waals surface area contributed by atoms with Gasteiger partial charge in [0, 0.05) is 24.7 Å². The largest absolute Gasteiger partial charge is 0.458 e. The first-order valence-corrected chi connectivity index (χ1v) is 10.7. The van der Waals surface area contributed by atoms with Crippen LogP contribution >= 0.6 is 0 Å². The second-order valence-electron chi connectivity index (χ2n) is 6.59. The molecule has 0 aliphatic carbocycles. The van der Waals surface area contributed by atoms with E-state index in [4.69, 9.17) is 15.2 Å². The van der Waals surface area contributed by atoms with Crippen LogP contribution in [0.4, 0.5) is 0 Å². The number of benzene rings is 2. The van der Waals surface area contributed by atoms with Gasteiger partial charge in [0.25, 0.3) is 0 Å². The Morgan fingerprint density at radius 3 is 2.47 bits per heavy atom. The van der Waals surface area contributed by atoms with Crippen molar-refractivity contribution in [1.29, 1.82) is 0 Å². The fraction of sp³-hybridized carbons (Fsp3) is 0.238. The first-order valence-electron chi connectivity index (χ1n) is 9.28. The highest BCUT2D eigenvalue weighted by atomic mass is 32.2. The Labute approximate surface area is 174 Å². The lowest BCUT2D eigenvalue weighted by Gasteiger charge is -2.26. The summed E-state index contributed by atoms with van der Waals surface area (Å²) in [5, 5.41) is 0. The number of carbonyl (C=O) groups is 2. The third kappa shape index (κ3) is 5.53. The van der Waals surface area contributed by atoms with Crippen molar-refractivity contribution in [3.05, 3.63) is 71.3 Å². The summed E-state index contributed by atoms with van der Waals surface area (Å²) < 4.78 is 36.9. The van der Waals surface area contributed by atoms with Crippen LogP contribution in [0.3, 0.4) is 0 Å². The van der Waals surface area contributed by atoms with Gasteiger partial charge in [-0.15, -0.1) is 0 Å². The van der Waals surface area contributed by atoms with E-state index >= 15 is 0 Å². The molecule has 1 aliphatic rings. The van der Waals surface area contributed by atoms with E-state index in [0.717, 1.165) is 0 Å². The molecule has 2 aromatic rings. The van der Waals surface area contributed by atoms with E-state index in [1.165, 1.54) is 28.6 Å². The van der Waals surface area contributed by atoms with E-state index < -0.39 is 21.9 Å². The van der Waals surface area contributed by atoms with Crippen molar-refractivity contribution in [3.63, 3.8) is 0 Å². The number of rotatable bonds is 7. The minimum atomic E-state index is -3.55. The van der Waals surface area contributed by atoms with Crippen molar-refractivity contribution in [1.82, 2.24) is 4.31 Å². The molecule has 0 saturated carbocycles. The van der Waals surface area contributed by atoms with Gasteiger partial charge in [-0.25, -0.2) is 13.2 Å². The SMILES string of the molecule is NC(=O)c1cccc(COC(=O)/C=C/c2ccc(S(=O)(=O)N3CCOCC3)cc2)c1. The summed E-state index contributed by atoms with van der Waals surface area (Å²) in [4.78, 5) is 23.3. The lowest BCUT2D eigenvalue weighted by Crippen LogP contribution is -2.40. The second-order valence-corrected chi connectivity index (χ2v) is 8.53. The summed E-state index contributed by atoms with van der Waals surface area (Å²) in [6.07, 6.45) is 2.79. The molecule has 1 heterocycles. The maximum atomic E-state index is 12.6. The number of ether oxygens (including phenoxy) is 2. The molecule has 3 rings (SSSR count). The number of morpholine rings is 1. The van der Waals surface area contributed by atoms with Crippen molar-refractivity contribution < 1.29 is 27.5 Å². The van der Waals surface area contributed by atoms with Crippen molar-refractivity contribution in [3.8, 4) is 0 Å². The van der Waals surface area contributed by atoms with Crippen LogP contribution in [0.15, 0.2) is 59.5 Å². The first-order chi connectivity index (χ1) is 14.4. The summed E-state index contributed by atoms with van der Waals surface area (Å²) in [5.41, 5.74) is 6.87. The minimum Gasteiger partial charge on any atom is -0.458 e. The van der Waals surface area contributed by atoms with Crippen LogP contribution in [0, 0.1) is 0 Å². The quantitative estimate of drug-likeness (QED) is 0.526. The highest BCUT2D eigenvalue weighted by Crippen LogP contribution is 2.18. The predicted molar refractivity (Wildman–Crippen MR) is 110 cm³/mol. The normalized spacial score (nSPS) is 15.2. The lowest BCUT2D eigenvalue weighted by molar-refractivity contribution is -0.138. The van der Waals surface area contributed by atoms with Crippen molar-refractivity contribution >= 4 is 28.0 Å². The van der Waals surface area contributed by atoms with Crippen LogP contribution in [-0.4, -0.2) is 50.9 Å². The molecule has 1 aliphatic heterocycles. The zero-order valence-corrected chi connectivity index (χ0v) is 17.0. The molecular weight excluding hydrogens is 408 g/mol. The number of sulfonamides is 1. The number of nitrogens with zero attached hydrogens (tertiary/aromatic N) is 1. The third-order valence-corrected chi connectivity index (χ3v) is 6.41. The molecule has 1 fully saturated rings. The Morgan fingerprint density at radius 1 is 1.10 bits per heavy atom. The smallest absolute Gasteiger partial charge is 0.331 e. The fourth-order valence-electron chi connectivity index (χ4n) is 2.87. The van der Waals surface area contributed by atoms with Gasteiger partial charge in [-0.1, -0.05) is 24.3 Å². The van der Waals surface area contributed by atoms with Gasteiger partial charge >= 0.3 is 5.97 Å². The van der Waals surface area contributed by atoms with Gasteiger partial charge in [0.1, 0.15) is 6.61 Å².